The Labute approximate surface area is 194 Å². The van der Waals surface area contributed by atoms with E-state index in [1.165, 1.54) is 31.4 Å². The summed E-state index contributed by atoms with van der Waals surface area (Å²) in [6.07, 6.45) is -3.20. The summed E-state index contributed by atoms with van der Waals surface area (Å²) in [5.74, 6) is -1.31. The van der Waals surface area contributed by atoms with Gasteiger partial charge in [-0.05, 0) is 53.7 Å². The Bertz CT molecular complexity index is 1120. The van der Waals surface area contributed by atoms with E-state index in [1.54, 1.807) is 0 Å². The van der Waals surface area contributed by atoms with Crippen LogP contribution >= 0.6 is 35.0 Å². The largest absolute Gasteiger partial charge is 0.494 e. The van der Waals surface area contributed by atoms with Gasteiger partial charge in [0.25, 0.3) is 11.1 Å². The standard InChI is InChI=1S/C20H13Cl2F3N2O4S/c1-31-17-13(21)5-10(6-14(17)22)7-15-18(29)27(19(30)32-15)9-16(28)26-12-4-2-3-11(8-12)20(23,24)25/h2-8H,9H2,1H3,(H,26,28)/b15-7-. The van der Waals surface area contributed by atoms with Crippen LogP contribution in [0.4, 0.5) is 23.7 Å². The molecule has 6 nitrogen and oxygen atoms in total. The molecule has 3 amide bonds. The van der Waals surface area contributed by atoms with Crippen LogP contribution in [-0.4, -0.2) is 35.6 Å². The van der Waals surface area contributed by atoms with Gasteiger partial charge in [-0.1, -0.05) is 29.3 Å². The van der Waals surface area contributed by atoms with E-state index < -0.39 is 35.3 Å². The summed E-state index contributed by atoms with van der Waals surface area (Å²) in [6, 6.07) is 6.98. The van der Waals surface area contributed by atoms with Gasteiger partial charge in [-0.15, -0.1) is 0 Å². The van der Waals surface area contributed by atoms with Crippen molar-refractivity contribution in [2.24, 2.45) is 0 Å². The molecule has 1 saturated heterocycles. The summed E-state index contributed by atoms with van der Waals surface area (Å²) in [7, 11) is 1.39. The SMILES string of the molecule is COc1c(Cl)cc(/C=C2\SC(=O)N(CC(=O)Nc3cccc(C(F)(F)F)c3)C2=O)cc1Cl. The lowest BCUT2D eigenvalue weighted by atomic mass is 10.2. The van der Waals surface area contributed by atoms with E-state index in [0.717, 1.165) is 18.2 Å². The first-order valence-corrected chi connectivity index (χ1v) is 10.3. The van der Waals surface area contributed by atoms with Crippen LogP contribution in [-0.2, 0) is 15.8 Å². The number of thioether (sulfide) groups is 1. The third kappa shape index (κ3) is 5.37. The van der Waals surface area contributed by atoms with Gasteiger partial charge in [0.2, 0.25) is 5.91 Å². The lowest BCUT2D eigenvalue weighted by Gasteiger charge is -2.13. The Hall–Kier alpha value is -2.69. The highest BCUT2D eigenvalue weighted by atomic mass is 35.5. The highest BCUT2D eigenvalue weighted by Gasteiger charge is 2.36. The summed E-state index contributed by atoms with van der Waals surface area (Å²) in [6.45, 7) is -0.664. The van der Waals surface area contributed by atoms with Crippen LogP contribution in [0.25, 0.3) is 6.08 Å². The molecule has 0 saturated carbocycles. The number of halogens is 5. The molecule has 0 radical (unpaired) electrons. The zero-order valence-corrected chi connectivity index (χ0v) is 18.5. The molecule has 1 aliphatic rings. The molecule has 0 aliphatic carbocycles. The monoisotopic (exact) mass is 504 g/mol. The van der Waals surface area contributed by atoms with Gasteiger partial charge in [-0.3, -0.25) is 19.3 Å². The number of nitrogens with one attached hydrogen (secondary N) is 1. The van der Waals surface area contributed by atoms with E-state index >= 15 is 0 Å². The normalized spacial score (nSPS) is 15.4. The molecule has 2 aromatic carbocycles. The molecule has 1 heterocycles. The Morgan fingerprint density at radius 1 is 1.19 bits per heavy atom. The molecule has 0 bridgehead atoms. The van der Waals surface area contributed by atoms with Crippen molar-refractivity contribution in [1.82, 2.24) is 4.90 Å². The smallest absolute Gasteiger partial charge is 0.416 e. The van der Waals surface area contributed by atoms with E-state index in [-0.39, 0.29) is 26.4 Å². The molecule has 3 rings (SSSR count). The molecule has 1 aliphatic heterocycles. The molecule has 32 heavy (non-hydrogen) atoms. The van der Waals surface area contributed by atoms with Crippen LogP contribution < -0.4 is 10.1 Å². The van der Waals surface area contributed by atoms with Gasteiger partial charge in [0, 0.05) is 5.69 Å². The van der Waals surface area contributed by atoms with E-state index in [2.05, 4.69) is 5.32 Å². The fourth-order valence-corrected chi connectivity index (χ4v) is 4.26. The van der Waals surface area contributed by atoms with Crippen LogP contribution in [0.3, 0.4) is 0 Å². The van der Waals surface area contributed by atoms with Crippen molar-refractivity contribution in [2.45, 2.75) is 6.18 Å². The number of nitrogens with zero attached hydrogens (tertiary/aromatic N) is 1. The fraction of sp³-hybridized carbons (Fsp3) is 0.150. The van der Waals surface area contributed by atoms with Crippen molar-refractivity contribution in [3.8, 4) is 5.75 Å². The van der Waals surface area contributed by atoms with Gasteiger partial charge in [-0.2, -0.15) is 13.2 Å². The Kier molecular flexibility index (Phi) is 7.06. The van der Waals surface area contributed by atoms with Crippen molar-refractivity contribution in [3.63, 3.8) is 0 Å². The summed E-state index contributed by atoms with van der Waals surface area (Å²) >= 11 is 12.7. The predicted molar refractivity (Wildman–Crippen MR) is 116 cm³/mol. The zero-order valence-electron chi connectivity index (χ0n) is 16.1. The number of carbonyl (C=O) groups excluding carboxylic acids is 3. The summed E-state index contributed by atoms with van der Waals surface area (Å²) in [5, 5.41) is 1.95. The number of carbonyl (C=O) groups is 3. The first-order valence-electron chi connectivity index (χ1n) is 8.75. The number of ether oxygens (including phenoxy) is 1. The number of hydrogen-bond acceptors (Lipinski definition) is 5. The topological polar surface area (TPSA) is 75.7 Å². The second-order valence-corrected chi connectivity index (χ2v) is 8.22. The van der Waals surface area contributed by atoms with Crippen molar-refractivity contribution in [1.29, 1.82) is 0 Å². The van der Waals surface area contributed by atoms with E-state index in [9.17, 15) is 27.6 Å². The average molecular weight is 505 g/mol. The fourth-order valence-electron chi connectivity index (χ4n) is 2.76. The van der Waals surface area contributed by atoms with Gasteiger partial charge in [0.15, 0.2) is 5.75 Å². The minimum Gasteiger partial charge on any atom is -0.494 e. The molecule has 168 valence electrons. The molecular formula is C20H13Cl2F3N2O4S. The van der Waals surface area contributed by atoms with Crippen LogP contribution in [0.15, 0.2) is 41.3 Å². The maximum Gasteiger partial charge on any atom is 0.416 e. The highest BCUT2D eigenvalue weighted by molar-refractivity contribution is 8.18. The van der Waals surface area contributed by atoms with Gasteiger partial charge in [0.1, 0.15) is 6.54 Å². The Balaban J connectivity index is 1.73. The number of methoxy groups -OCH3 is 1. The van der Waals surface area contributed by atoms with E-state index in [1.807, 2.05) is 0 Å². The summed E-state index contributed by atoms with van der Waals surface area (Å²) < 4.78 is 43.5. The Morgan fingerprint density at radius 3 is 2.44 bits per heavy atom. The second kappa shape index (κ2) is 9.43. The van der Waals surface area contributed by atoms with Crippen molar-refractivity contribution in [3.05, 3.63) is 62.5 Å². The molecule has 0 atom stereocenters. The number of rotatable bonds is 5. The van der Waals surface area contributed by atoms with Crippen LogP contribution in [0.5, 0.6) is 5.75 Å². The molecule has 1 N–H and O–H groups in total. The lowest BCUT2D eigenvalue weighted by molar-refractivity contribution is -0.137. The average Bonchev–Trinajstić information content (AvgIpc) is 2.94. The molecular weight excluding hydrogens is 492 g/mol. The first-order chi connectivity index (χ1) is 15.0. The number of anilines is 1. The number of amides is 3. The predicted octanol–water partition coefficient (Wildman–Crippen LogP) is 5.70. The summed E-state index contributed by atoms with van der Waals surface area (Å²) in [5.41, 5.74) is -0.629. The molecule has 1 fully saturated rings. The highest BCUT2D eigenvalue weighted by Crippen LogP contribution is 2.37. The third-order valence-corrected chi connectivity index (χ3v) is 5.64. The van der Waals surface area contributed by atoms with Gasteiger partial charge in [-0.25, -0.2) is 0 Å². The minimum atomic E-state index is -4.58. The third-order valence-electron chi connectivity index (χ3n) is 4.17. The Morgan fingerprint density at radius 2 is 1.84 bits per heavy atom. The second-order valence-electron chi connectivity index (χ2n) is 6.41. The van der Waals surface area contributed by atoms with Crippen molar-refractivity contribution in [2.75, 3.05) is 19.0 Å². The molecule has 12 heteroatoms. The van der Waals surface area contributed by atoms with Crippen molar-refractivity contribution >= 4 is 63.8 Å². The number of imide groups is 1. The number of hydrogen-bond donors (Lipinski definition) is 1. The van der Waals surface area contributed by atoms with Crippen LogP contribution in [0.2, 0.25) is 10.0 Å². The summed E-state index contributed by atoms with van der Waals surface area (Å²) in [4.78, 5) is 37.7. The first kappa shape index (κ1) is 24.0. The van der Waals surface area contributed by atoms with Crippen LogP contribution in [0.1, 0.15) is 11.1 Å². The van der Waals surface area contributed by atoms with Crippen molar-refractivity contribution < 1.29 is 32.3 Å². The zero-order chi connectivity index (χ0) is 23.6. The minimum absolute atomic E-state index is 0.0270. The maximum atomic E-state index is 12.8. The number of alkyl halides is 3. The van der Waals surface area contributed by atoms with Gasteiger partial charge < -0.3 is 10.1 Å². The molecule has 0 unspecified atom stereocenters. The molecule has 0 spiro atoms. The maximum absolute atomic E-state index is 12.8. The molecule has 0 aromatic heterocycles. The van der Waals surface area contributed by atoms with Gasteiger partial charge >= 0.3 is 6.18 Å². The van der Waals surface area contributed by atoms with Gasteiger partial charge in [0.05, 0.1) is 27.6 Å². The quantitative estimate of drug-likeness (QED) is 0.528. The van der Waals surface area contributed by atoms with E-state index in [0.29, 0.717) is 22.2 Å². The van der Waals surface area contributed by atoms with E-state index in [4.69, 9.17) is 27.9 Å². The lowest BCUT2D eigenvalue weighted by Crippen LogP contribution is -2.36. The molecule has 2 aromatic rings. The van der Waals surface area contributed by atoms with Crippen LogP contribution in [0, 0.1) is 0 Å². The number of benzene rings is 2.